The monoisotopic (exact) mass is 200 g/mol. The molecule has 0 unspecified atom stereocenters. The van der Waals surface area contributed by atoms with Gasteiger partial charge in [-0.05, 0) is 33.6 Å². The summed E-state index contributed by atoms with van der Waals surface area (Å²) >= 11 is 0. The molecule has 0 spiro atoms. The Morgan fingerprint density at radius 2 is 1.57 bits per heavy atom. The van der Waals surface area contributed by atoms with E-state index in [2.05, 4.69) is 13.8 Å². The first-order chi connectivity index (χ1) is 6.40. The van der Waals surface area contributed by atoms with Crippen molar-refractivity contribution in [1.29, 1.82) is 0 Å². The molecule has 0 rings (SSSR count). The van der Waals surface area contributed by atoms with Gasteiger partial charge in [-0.3, -0.25) is 4.79 Å². The molecule has 2 nitrogen and oxygen atoms in total. The van der Waals surface area contributed by atoms with E-state index in [0.717, 1.165) is 25.7 Å². The highest BCUT2D eigenvalue weighted by Crippen LogP contribution is 2.19. The van der Waals surface area contributed by atoms with E-state index in [0.29, 0.717) is 0 Å². The molecule has 0 aliphatic rings. The molecule has 0 aromatic rings. The lowest BCUT2D eigenvalue weighted by atomic mass is 9.98. The van der Waals surface area contributed by atoms with E-state index in [4.69, 9.17) is 4.74 Å². The number of carbonyl (C=O) groups is 1. The Morgan fingerprint density at radius 1 is 1.14 bits per heavy atom. The van der Waals surface area contributed by atoms with E-state index < -0.39 is 0 Å². The Labute approximate surface area is 88.0 Å². The van der Waals surface area contributed by atoms with Crippen LogP contribution in [-0.2, 0) is 9.53 Å². The molecule has 0 heterocycles. The van der Waals surface area contributed by atoms with Gasteiger partial charge in [-0.1, -0.05) is 26.7 Å². The Bertz CT molecular complexity index is 162. The van der Waals surface area contributed by atoms with Gasteiger partial charge in [-0.25, -0.2) is 0 Å². The van der Waals surface area contributed by atoms with Crippen LogP contribution in [0, 0.1) is 5.92 Å². The molecular weight excluding hydrogens is 176 g/mol. The summed E-state index contributed by atoms with van der Waals surface area (Å²) in [6, 6.07) is 0. The SMILES string of the molecule is CCCC(CCC)C(=O)OC(C)(C)C. The van der Waals surface area contributed by atoms with Gasteiger partial charge in [-0.2, -0.15) is 0 Å². The minimum Gasteiger partial charge on any atom is -0.460 e. The number of hydrogen-bond acceptors (Lipinski definition) is 2. The topological polar surface area (TPSA) is 26.3 Å². The van der Waals surface area contributed by atoms with Crippen LogP contribution in [0.25, 0.3) is 0 Å². The molecule has 0 amide bonds. The van der Waals surface area contributed by atoms with E-state index in [9.17, 15) is 4.79 Å². The molecule has 0 fully saturated rings. The Kier molecular flexibility index (Phi) is 5.82. The van der Waals surface area contributed by atoms with Crippen molar-refractivity contribution >= 4 is 5.97 Å². The van der Waals surface area contributed by atoms with Crippen LogP contribution >= 0.6 is 0 Å². The number of ether oxygens (including phenoxy) is 1. The van der Waals surface area contributed by atoms with E-state index in [1.54, 1.807) is 0 Å². The highest BCUT2D eigenvalue weighted by Gasteiger charge is 2.23. The standard InChI is InChI=1S/C12H24O2/c1-6-8-10(9-7-2)11(13)14-12(3,4)5/h10H,6-9H2,1-5H3. The summed E-state index contributed by atoms with van der Waals surface area (Å²) in [4.78, 5) is 11.7. The van der Waals surface area contributed by atoms with Gasteiger partial charge in [0.15, 0.2) is 0 Å². The summed E-state index contributed by atoms with van der Waals surface area (Å²) in [5.41, 5.74) is -0.350. The van der Waals surface area contributed by atoms with E-state index in [-0.39, 0.29) is 17.5 Å². The Balaban J connectivity index is 4.14. The molecular formula is C12H24O2. The fourth-order valence-corrected chi connectivity index (χ4v) is 1.46. The van der Waals surface area contributed by atoms with Gasteiger partial charge in [0.2, 0.25) is 0 Å². The quantitative estimate of drug-likeness (QED) is 0.634. The van der Waals surface area contributed by atoms with Gasteiger partial charge in [0, 0.05) is 0 Å². The van der Waals surface area contributed by atoms with Crippen LogP contribution in [0.4, 0.5) is 0 Å². The molecule has 0 bridgehead atoms. The second-order valence-electron chi connectivity index (χ2n) is 4.81. The highest BCUT2D eigenvalue weighted by molar-refractivity contribution is 5.72. The summed E-state index contributed by atoms with van der Waals surface area (Å²) in [6.07, 6.45) is 3.99. The zero-order valence-electron chi connectivity index (χ0n) is 10.2. The van der Waals surface area contributed by atoms with Crippen molar-refractivity contribution in [2.24, 2.45) is 5.92 Å². The second kappa shape index (κ2) is 6.05. The molecule has 84 valence electrons. The molecule has 2 heteroatoms. The number of rotatable bonds is 5. The molecule has 0 aliphatic heterocycles. The third-order valence-corrected chi connectivity index (χ3v) is 2.01. The largest absolute Gasteiger partial charge is 0.460 e. The molecule has 0 aliphatic carbocycles. The van der Waals surface area contributed by atoms with E-state index in [1.807, 2.05) is 20.8 Å². The van der Waals surface area contributed by atoms with Crippen LogP contribution in [0.2, 0.25) is 0 Å². The van der Waals surface area contributed by atoms with Crippen LogP contribution in [0.15, 0.2) is 0 Å². The van der Waals surface area contributed by atoms with Crippen molar-refractivity contribution in [2.45, 2.75) is 65.9 Å². The zero-order valence-corrected chi connectivity index (χ0v) is 10.2. The van der Waals surface area contributed by atoms with Gasteiger partial charge < -0.3 is 4.74 Å². The first kappa shape index (κ1) is 13.5. The molecule has 0 saturated heterocycles. The van der Waals surface area contributed by atoms with Gasteiger partial charge in [0.25, 0.3) is 0 Å². The van der Waals surface area contributed by atoms with Crippen molar-refractivity contribution in [1.82, 2.24) is 0 Å². The highest BCUT2D eigenvalue weighted by atomic mass is 16.6. The summed E-state index contributed by atoms with van der Waals surface area (Å²) in [7, 11) is 0. The number of esters is 1. The van der Waals surface area contributed by atoms with E-state index in [1.165, 1.54) is 0 Å². The third kappa shape index (κ3) is 6.01. The first-order valence-corrected chi connectivity index (χ1v) is 5.63. The van der Waals surface area contributed by atoms with Crippen molar-refractivity contribution in [3.8, 4) is 0 Å². The second-order valence-corrected chi connectivity index (χ2v) is 4.81. The molecule has 14 heavy (non-hydrogen) atoms. The maximum absolute atomic E-state index is 11.7. The minimum absolute atomic E-state index is 0.0267. The predicted molar refractivity (Wildman–Crippen MR) is 59.2 cm³/mol. The van der Waals surface area contributed by atoms with Crippen LogP contribution in [0.5, 0.6) is 0 Å². The zero-order chi connectivity index (χ0) is 11.2. The Hall–Kier alpha value is -0.530. The third-order valence-electron chi connectivity index (χ3n) is 2.01. The minimum atomic E-state index is -0.350. The van der Waals surface area contributed by atoms with Crippen LogP contribution in [0.1, 0.15) is 60.3 Å². The van der Waals surface area contributed by atoms with Gasteiger partial charge in [-0.15, -0.1) is 0 Å². The molecule has 0 radical (unpaired) electrons. The summed E-state index contributed by atoms with van der Waals surface area (Å²) in [6.45, 7) is 9.96. The van der Waals surface area contributed by atoms with Crippen molar-refractivity contribution in [3.63, 3.8) is 0 Å². The first-order valence-electron chi connectivity index (χ1n) is 5.63. The van der Waals surface area contributed by atoms with Gasteiger partial charge >= 0.3 is 5.97 Å². The van der Waals surface area contributed by atoms with Crippen LogP contribution < -0.4 is 0 Å². The van der Waals surface area contributed by atoms with E-state index >= 15 is 0 Å². The molecule has 0 N–H and O–H groups in total. The normalized spacial score (nSPS) is 11.9. The summed E-state index contributed by atoms with van der Waals surface area (Å²) in [5, 5.41) is 0. The molecule has 0 aromatic heterocycles. The van der Waals surface area contributed by atoms with Crippen molar-refractivity contribution < 1.29 is 9.53 Å². The fraction of sp³-hybridized carbons (Fsp3) is 0.917. The lowest BCUT2D eigenvalue weighted by Crippen LogP contribution is -2.28. The van der Waals surface area contributed by atoms with Crippen molar-refractivity contribution in [3.05, 3.63) is 0 Å². The number of carbonyl (C=O) groups excluding carboxylic acids is 1. The summed E-state index contributed by atoms with van der Waals surface area (Å²) in [5.74, 6) is 0.0745. The van der Waals surface area contributed by atoms with Gasteiger partial charge in [0.1, 0.15) is 5.60 Å². The van der Waals surface area contributed by atoms with Crippen molar-refractivity contribution in [2.75, 3.05) is 0 Å². The van der Waals surface area contributed by atoms with Gasteiger partial charge in [0.05, 0.1) is 5.92 Å². The molecule has 0 atom stereocenters. The molecule has 0 aromatic carbocycles. The number of hydrogen-bond donors (Lipinski definition) is 0. The molecule has 0 saturated carbocycles. The lowest BCUT2D eigenvalue weighted by molar-refractivity contribution is -0.160. The predicted octanol–water partition coefficient (Wildman–Crippen LogP) is 3.54. The van der Waals surface area contributed by atoms with Crippen LogP contribution in [0.3, 0.4) is 0 Å². The lowest BCUT2D eigenvalue weighted by Gasteiger charge is -2.23. The van der Waals surface area contributed by atoms with Crippen LogP contribution in [-0.4, -0.2) is 11.6 Å². The fourth-order valence-electron chi connectivity index (χ4n) is 1.46. The maximum atomic E-state index is 11.7. The summed E-state index contributed by atoms with van der Waals surface area (Å²) < 4.78 is 5.37. The average Bonchev–Trinajstić information content (AvgIpc) is 2.01. The average molecular weight is 200 g/mol. The smallest absolute Gasteiger partial charge is 0.309 e. The Morgan fingerprint density at radius 3 is 1.86 bits per heavy atom. The maximum Gasteiger partial charge on any atom is 0.309 e.